The molecule has 0 amide bonds. The van der Waals surface area contributed by atoms with Crippen LogP contribution in [0.25, 0.3) is 20.5 Å². The smallest absolute Gasteiger partial charge is 0.426 e. The van der Waals surface area contributed by atoms with E-state index < -0.39 is 11.9 Å². The van der Waals surface area contributed by atoms with Gasteiger partial charge in [-0.15, -0.1) is 11.3 Å². The zero-order valence-electron chi connectivity index (χ0n) is 17.8. The summed E-state index contributed by atoms with van der Waals surface area (Å²) < 4.78 is 55.2. The van der Waals surface area contributed by atoms with Crippen molar-refractivity contribution in [3.05, 3.63) is 83.7 Å². The second-order valence-corrected chi connectivity index (χ2v) is 8.53. The van der Waals surface area contributed by atoms with Crippen LogP contribution in [0, 0.1) is 5.82 Å². The summed E-state index contributed by atoms with van der Waals surface area (Å²) >= 11 is 1.26. The number of hydrogen-bond acceptors (Lipinski definition) is 3. The second kappa shape index (κ2) is 9.25. The van der Waals surface area contributed by atoms with Gasteiger partial charge in [0.1, 0.15) is 17.3 Å². The Hall–Kier alpha value is -2.99. The normalized spacial score (nSPS) is 11.7. The largest absolute Gasteiger partial charge is 0.494 e. The van der Waals surface area contributed by atoms with E-state index in [9.17, 15) is 13.2 Å². The van der Waals surface area contributed by atoms with Gasteiger partial charge in [-0.25, -0.2) is 4.39 Å². The second-order valence-electron chi connectivity index (χ2n) is 7.45. The molecule has 0 saturated heterocycles. The van der Waals surface area contributed by atoms with E-state index in [2.05, 4.69) is 6.92 Å². The maximum Gasteiger partial charge on any atom is 0.426 e. The molecule has 0 saturated carbocycles. The third kappa shape index (κ3) is 4.75. The van der Waals surface area contributed by atoms with Gasteiger partial charge in [0.25, 0.3) is 0 Å². The van der Waals surface area contributed by atoms with Crippen LogP contribution in [-0.4, -0.2) is 6.61 Å². The highest BCUT2D eigenvalue weighted by atomic mass is 32.1. The van der Waals surface area contributed by atoms with Crippen LogP contribution in [0.2, 0.25) is 0 Å². The lowest BCUT2D eigenvalue weighted by molar-refractivity contribution is -0.185. The van der Waals surface area contributed by atoms with Crippen molar-refractivity contribution >= 4 is 21.4 Å². The minimum absolute atomic E-state index is 0.110. The van der Waals surface area contributed by atoms with Crippen molar-refractivity contribution in [3.8, 4) is 21.9 Å². The lowest BCUT2D eigenvalue weighted by Crippen LogP contribution is -2.21. The van der Waals surface area contributed by atoms with Crippen molar-refractivity contribution in [2.45, 2.75) is 32.8 Å². The Kier molecular flexibility index (Phi) is 6.42. The van der Waals surface area contributed by atoms with Crippen LogP contribution >= 0.6 is 11.3 Å². The molecule has 0 atom stereocenters. The standard InChI is InChI=1S/C26H23F3O2S/c1-3-5-17-6-10-20(11-7-17)31-26(28,29)19-9-8-18-14-25(32-24(18)15-19)22-13-12-21(30-4-2)16-23(22)27/h6-16H,3-5H2,1-2H3. The highest BCUT2D eigenvalue weighted by Crippen LogP contribution is 2.39. The van der Waals surface area contributed by atoms with Crippen molar-refractivity contribution in [1.82, 2.24) is 0 Å². The summed E-state index contributed by atoms with van der Waals surface area (Å²) in [6.07, 6.45) is -1.61. The Labute approximate surface area is 189 Å². The minimum Gasteiger partial charge on any atom is -0.494 e. The Balaban J connectivity index is 1.59. The van der Waals surface area contributed by atoms with Crippen LogP contribution < -0.4 is 9.47 Å². The first kappa shape index (κ1) is 22.2. The van der Waals surface area contributed by atoms with Crippen molar-refractivity contribution in [2.75, 3.05) is 6.61 Å². The zero-order valence-corrected chi connectivity index (χ0v) is 18.6. The molecule has 0 aliphatic heterocycles. The first-order valence-corrected chi connectivity index (χ1v) is 11.3. The minimum atomic E-state index is -3.49. The zero-order chi connectivity index (χ0) is 22.7. The van der Waals surface area contributed by atoms with Crippen LogP contribution in [-0.2, 0) is 12.5 Å². The van der Waals surface area contributed by atoms with Crippen molar-refractivity contribution < 1.29 is 22.6 Å². The van der Waals surface area contributed by atoms with Gasteiger partial charge in [-0.1, -0.05) is 31.5 Å². The van der Waals surface area contributed by atoms with E-state index in [0.717, 1.165) is 23.8 Å². The first-order valence-electron chi connectivity index (χ1n) is 10.5. The Morgan fingerprint density at radius 2 is 1.62 bits per heavy atom. The van der Waals surface area contributed by atoms with E-state index in [4.69, 9.17) is 9.47 Å². The van der Waals surface area contributed by atoms with Gasteiger partial charge in [-0.3, -0.25) is 0 Å². The molecule has 0 unspecified atom stereocenters. The molecule has 6 heteroatoms. The Morgan fingerprint density at radius 1 is 0.875 bits per heavy atom. The maximum atomic E-state index is 14.8. The average Bonchev–Trinajstić information content (AvgIpc) is 3.18. The van der Waals surface area contributed by atoms with Gasteiger partial charge >= 0.3 is 6.11 Å². The summed E-state index contributed by atoms with van der Waals surface area (Å²) in [6, 6.07) is 17.6. The highest BCUT2D eigenvalue weighted by Gasteiger charge is 2.35. The van der Waals surface area contributed by atoms with Gasteiger partial charge in [0, 0.05) is 21.2 Å². The number of rotatable bonds is 8. The molecule has 4 aromatic rings. The maximum absolute atomic E-state index is 14.8. The van der Waals surface area contributed by atoms with Crippen LogP contribution in [0.5, 0.6) is 11.5 Å². The molecular weight excluding hydrogens is 433 g/mol. The Morgan fingerprint density at radius 3 is 2.31 bits per heavy atom. The molecule has 3 aromatic carbocycles. The van der Waals surface area contributed by atoms with Crippen LogP contribution in [0.3, 0.4) is 0 Å². The molecule has 0 radical (unpaired) electrons. The predicted molar refractivity (Wildman–Crippen MR) is 123 cm³/mol. The topological polar surface area (TPSA) is 18.5 Å². The SMILES string of the molecule is CCCc1ccc(OC(F)(F)c2ccc3cc(-c4ccc(OCC)cc4F)sc3c2)cc1. The number of halogens is 3. The number of thiophene rings is 1. The van der Waals surface area contributed by atoms with E-state index in [0.29, 0.717) is 27.5 Å². The van der Waals surface area contributed by atoms with E-state index in [1.165, 1.54) is 29.5 Å². The lowest BCUT2D eigenvalue weighted by Gasteiger charge is -2.18. The molecule has 166 valence electrons. The highest BCUT2D eigenvalue weighted by molar-refractivity contribution is 7.22. The molecule has 1 aromatic heterocycles. The third-order valence-corrected chi connectivity index (χ3v) is 6.21. The number of aryl methyl sites for hydroxylation is 1. The monoisotopic (exact) mass is 456 g/mol. The van der Waals surface area contributed by atoms with Gasteiger partial charge < -0.3 is 9.47 Å². The van der Waals surface area contributed by atoms with Gasteiger partial charge in [0.15, 0.2) is 0 Å². The number of alkyl halides is 2. The fourth-order valence-corrected chi connectivity index (χ4v) is 4.65. The van der Waals surface area contributed by atoms with E-state index in [1.807, 2.05) is 6.92 Å². The van der Waals surface area contributed by atoms with Gasteiger partial charge in [0.2, 0.25) is 0 Å². The molecule has 0 aliphatic carbocycles. The molecule has 4 rings (SSSR count). The number of ether oxygens (including phenoxy) is 2. The molecule has 0 aliphatic rings. The van der Waals surface area contributed by atoms with Crippen LogP contribution in [0.15, 0.2) is 66.7 Å². The number of hydrogen-bond donors (Lipinski definition) is 0. The van der Waals surface area contributed by atoms with Crippen molar-refractivity contribution in [2.24, 2.45) is 0 Å². The molecule has 1 heterocycles. The summed E-state index contributed by atoms with van der Waals surface area (Å²) in [5.41, 5.74) is 1.24. The molecular formula is C26H23F3O2S. The van der Waals surface area contributed by atoms with Gasteiger partial charge in [0.05, 0.1) is 12.2 Å². The van der Waals surface area contributed by atoms with E-state index in [1.54, 1.807) is 48.5 Å². The molecule has 0 N–H and O–H groups in total. The number of fused-ring (bicyclic) bond motifs is 1. The fraction of sp³-hybridized carbons (Fsp3) is 0.231. The summed E-state index contributed by atoms with van der Waals surface area (Å²) in [6.45, 7) is 4.34. The van der Waals surface area contributed by atoms with Crippen molar-refractivity contribution in [3.63, 3.8) is 0 Å². The fourth-order valence-electron chi connectivity index (χ4n) is 3.52. The third-order valence-electron chi connectivity index (χ3n) is 5.08. The average molecular weight is 457 g/mol. The quantitative estimate of drug-likeness (QED) is 0.266. The molecule has 0 spiro atoms. The van der Waals surface area contributed by atoms with Crippen LogP contribution in [0.1, 0.15) is 31.4 Å². The summed E-state index contributed by atoms with van der Waals surface area (Å²) in [5.74, 6) is 0.151. The van der Waals surface area contributed by atoms with Gasteiger partial charge in [-0.05, 0) is 66.8 Å². The Bertz CT molecular complexity index is 1220. The van der Waals surface area contributed by atoms with E-state index >= 15 is 0 Å². The van der Waals surface area contributed by atoms with E-state index in [-0.39, 0.29) is 11.3 Å². The van der Waals surface area contributed by atoms with Crippen LogP contribution in [0.4, 0.5) is 13.2 Å². The van der Waals surface area contributed by atoms with Crippen molar-refractivity contribution in [1.29, 1.82) is 0 Å². The number of benzene rings is 3. The first-order chi connectivity index (χ1) is 15.4. The molecule has 32 heavy (non-hydrogen) atoms. The summed E-state index contributed by atoms with van der Waals surface area (Å²) in [7, 11) is 0. The summed E-state index contributed by atoms with van der Waals surface area (Å²) in [4.78, 5) is 0.661. The summed E-state index contributed by atoms with van der Waals surface area (Å²) in [5, 5.41) is 0.766. The predicted octanol–water partition coefficient (Wildman–Crippen LogP) is 8.19. The molecule has 0 fully saturated rings. The van der Waals surface area contributed by atoms with Gasteiger partial charge in [-0.2, -0.15) is 8.78 Å². The molecule has 2 nitrogen and oxygen atoms in total. The lowest BCUT2D eigenvalue weighted by atomic mass is 10.1. The molecule has 0 bridgehead atoms.